The van der Waals surface area contributed by atoms with Gasteiger partial charge in [-0.3, -0.25) is 0 Å². The van der Waals surface area contributed by atoms with Crippen molar-refractivity contribution in [2.75, 3.05) is 19.7 Å². The fourth-order valence-electron chi connectivity index (χ4n) is 0.837. The van der Waals surface area contributed by atoms with Gasteiger partial charge in [0.2, 0.25) is 0 Å². The van der Waals surface area contributed by atoms with Crippen LogP contribution in [0.25, 0.3) is 0 Å². The molecule has 0 bridgehead atoms. The summed E-state index contributed by atoms with van der Waals surface area (Å²) < 4.78 is 0. The molecule has 0 atom stereocenters. The van der Waals surface area contributed by atoms with Crippen molar-refractivity contribution in [2.45, 2.75) is 12.8 Å². The molecule has 2 heteroatoms. The van der Waals surface area contributed by atoms with Crippen LogP contribution in [0, 0.1) is 0 Å². The Kier molecular flexibility index (Phi) is 2.11. The maximum absolute atomic E-state index is 8.42. The SMILES string of the molecule is C=C1CN1CCCCO. The summed E-state index contributed by atoms with van der Waals surface area (Å²) in [5.74, 6) is 0. The third-order valence-corrected chi connectivity index (χ3v) is 1.55. The highest BCUT2D eigenvalue weighted by atomic mass is 16.2. The predicted octanol–water partition coefficient (Wildman–Crippen LogP) is 0.588. The van der Waals surface area contributed by atoms with Gasteiger partial charge >= 0.3 is 0 Å². The molecule has 1 fully saturated rings. The quantitative estimate of drug-likeness (QED) is 0.441. The molecule has 0 unspecified atom stereocenters. The van der Waals surface area contributed by atoms with Crippen molar-refractivity contribution in [3.8, 4) is 0 Å². The molecule has 0 aromatic carbocycles. The summed E-state index contributed by atoms with van der Waals surface area (Å²) in [6, 6.07) is 0. The average molecular weight is 127 g/mol. The van der Waals surface area contributed by atoms with E-state index in [-0.39, 0.29) is 0 Å². The topological polar surface area (TPSA) is 23.2 Å². The molecule has 9 heavy (non-hydrogen) atoms. The van der Waals surface area contributed by atoms with Crippen LogP contribution < -0.4 is 0 Å². The lowest BCUT2D eigenvalue weighted by Gasteiger charge is -1.97. The third-order valence-electron chi connectivity index (χ3n) is 1.55. The molecule has 0 aliphatic carbocycles. The largest absolute Gasteiger partial charge is 0.396 e. The first-order valence-electron chi connectivity index (χ1n) is 3.38. The van der Waals surface area contributed by atoms with Crippen molar-refractivity contribution in [1.29, 1.82) is 0 Å². The van der Waals surface area contributed by atoms with Gasteiger partial charge in [-0.2, -0.15) is 0 Å². The van der Waals surface area contributed by atoms with Crippen LogP contribution in [-0.2, 0) is 0 Å². The van der Waals surface area contributed by atoms with Crippen LogP contribution in [0.4, 0.5) is 0 Å². The van der Waals surface area contributed by atoms with Crippen molar-refractivity contribution in [2.24, 2.45) is 0 Å². The zero-order chi connectivity index (χ0) is 6.69. The van der Waals surface area contributed by atoms with E-state index in [9.17, 15) is 0 Å². The molecule has 0 aromatic rings. The van der Waals surface area contributed by atoms with Crippen molar-refractivity contribution < 1.29 is 5.11 Å². The second-order valence-corrected chi connectivity index (χ2v) is 2.42. The number of hydrogen-bond acceptors (Lipinski definition) is 2. The van der Waals surface area contributed by atoms with Gasteiger partial charge in [-0.15, -0.1) is 0 Å². The molecule has 1 N–H and O–H groups in total. The molecular formula is C7H13NO. The smallest absolute Gasteiger partial charge is 0.0570 e. The summed E-state index contributed by atoms with van der Waals surface area (Å²) in [4.78, 5) is 2.22. The van der Waals surface area contributed by atoms with Gasteiger partial charge in [0.05, 0.1) is 6.54 Å². The van der Waals surface area contributed by atoms with Gasteiger partial charge in [0.1, 0.15) is 0 Å². The molecule has 1 saturated heterocycles. The van der Waals surface area contributed by atoms with Gasteiger partial charge in [0.25, 0.3) is 0 Å². The highest BCUT2D eigenvalue weighted by Crippen LogP contribution is 2.18. The van der Waals surface area contributed by atoms with E-state index >= 15 is 0 Å². The maximum Gasteiger partial charge on any atom is 0.0570 e. The molecular weight excluding hydrogens is 114 g/mol. The molecule has 0 radical (unpaired) electrons. The summed E-state index contributed by atoms with van der Waals surface area (Å²) >= 11 is 0. The van der Waals surface area contributed by atoms with E-state index < -0.39 is 0 Å². The minimum Gasteiger partial charge on any atom is -0.396 e. The summed E-state index contributed by atoms with van der Waals surface area (Å²) in [6.07, 6.45) is 2.01. The molecule has 2 nitrogen and oxygen atoms in total. The first-order valence-corrected chi connectivity index (χ1v) is 3.38. The Labute approximate surface area is 55.8 Å². The molecule has 0 spiro atoms. The lowest BCUT2D eigenvalue weighted by molar-refractivity contribution is 0.281. The molecule has 1 heterocycles. The van der Waals surface area contributed by atoms with Gasteiger partial charge in [0, 0.05) is 18.8 Å². The van der Waals surface area contributed by atoms with Crippen LogP contribution in [-0.4, -0.2) is 29.7 Å². The molecule has 0 saturated carbocycles. The second-order valence-electron chi connectivity index (χ2n) is 2.42. The standard InChI is InChI=1S/C7H13NO/c1-7-6-8(7)4-2-3-5-9/h9H,1-6H2. The van der Waals surface area contributed by atoms with Gasteiger partial charge < -0.3 is 10.0 Å². The van der Waals surface area contributed by atoms with Crippen molar-refractivity contribution >= 4 is 0 Å². The third kappa shape index (κ3) is 2.06. The Morgan fingerprint density at radius 1 is 1.56 bits per heavy atom. The van der Waals surface area contributed by atoms with Crippen LogP contribution in [0.3, 0.4) is 0 Å². The summed E-state index contributed by atoms with van der Waals surface area (Å²) in [5, 5.41) is 8.42. The summed E-state index contributed by atoms with van der Waals surface area (Å²) in [6.45, 7) is 6.27. The lowest BCUT2D eigenvalue weighted by atomic mass is 10.3. The van der Waals surface area contributed by atoms with Crippen LogP contribution in [0.15, 0.2) is 12.3 Å². The Balaban J connectivity index is 1.88. The normalized spacial score (nSPS) is 16.6. The number of nitrogens with zero attached hydrogens (tertiary/aromatic N) is 1. The number of hydrogen-bond donors (Lipinski definition) is 1. The van der Waals surface area contributed by atoms with Gasteiger partial charge in [-0.25, -0.2) is 0 Å². The minimum absolute atomic E-state index is 0.320. The Morgan fingerprint density at radius 2 is 2.22 bits per heavy atom. The number of aliphatic hydroxyl groups excluding tert-OH is 1. The van der Waals surface area contributed by atoms with E-state index in [2.05, 4.69) is 11.5 Å². The molecule has 1 aliphatic heterocycles. The molecule has 52 valence electrons. The lowest BCUT2D eigenvalue weighted by Crippen LogP contribution is -1.98. The maximum atomic E-state index is 8.42. The average Bonchev–Trinajstić information content (AvgIpc) is 2.48. The van der Waals surface area contributed by atoms with Crippen molar-refractivity contribution in [3.05, 3.63) is 12.3 Å². The molecule has 1 aliphatic rings. The number of unbranched alkanes of at least 4 members (excludes halogenated alkanes) is 1. The monoisotopic (exact) mass is 127 g/mol. The van der Waals surface area contributed by atoms with Gasteiger partial charge in [0.15, 0.2) is 0 Å². The number of rotatable bonds is 4. The van der Waals surface area contributed by atoms with E-state index in [1.165, 1.54) is 5.70 Å². The van der Waals surface area contributed by atoms with E-state index in [0.29, 0.717) is 6.61 Å². The fourth-order valence-corrected chi connectivity index (χ4v) is 0.837. The van der Waals surface area contributed by atoms with E-state index in [4.69, 9.17) is 5.11 Å². The highest BCUT2D eigenvalue weighted by molar-refractivity contribution is 5.12. The Bertz CT molecular complexity index is 111. The highest BCUT2D eigenvalue weighted by Gasteiger charge is 2.20. The summed E-state index contributed by atoms with van der Waals surface area (Å²) in [7, 11) is 0. The second kappa shape index (κ2) is 2.87. The van der Waals surface area contributed by atoms with Crippen LogP contribution in [0.5, 0.6) is 0 Å². The molecule has 0 aromatic heterocycles. The zero-order valence-corrected chi connectivity index (χ0v) is 5.64. The van der Waals surface area contributed by atoms with Crippen LogP contribution >= 0.6 is 0 Å². The number of aliphatic hydroxyl groups is 1. The van der Waals surface area contributed by atoms with E-state index in [0.717, 1.165) is 25.9 Å². The van der Waals surface area contributed by atoms with Gasteiger partial charge in [-0.1, -0.05) is 6.58 Å². The van der Waals surface area contributed by atoms with Crippen molar-refractivity contribution in [1.82, 2.24) is 4.90 Å². The molecule has 1 rings (SSSR count). The molecule has 0 amide bonds. The van der Waals surface area contributed by atoms with Gasteiger partial charge in [-0.05, 0) is 12.8 Å². The first-order chi connectivity index (χ1) is 4.34. The van der Waals surface area contributed by atoms with Crippen LogP contribution in [0.1, 0.15) is 12.8 Å². The minimum atomic E-state index is 0.320. The zero-order valence-electron chi connectivity index (χ0n) is 5.64. The van der Waals surface area contributed by atoms with E-state index in [1.54, 1.807) is 0 Å². The van der Waals surface area contributed by atoms with Crippen LogP contribution in [0.2, 0.25) is 0 Å². The fraction of sp³-hybridized carbons (Fsp3) is 0.714. The predicted molar refractivity (Wildman–Crippen MR) is 37.0 cm³/mol. The van der Waals surface area contributed by atoms with Crippen molar-refractivity contribution in [3.63, 3.8) is 0 Å². The Hall–Kier alpha value is -0.500. The van der Waals surface area contributed by atoms with E-state index in [1.807, 2.05) is 0 Å². The first kappa shape index (κ1) is 6.62. The summed E-state index contributed by atoms with van der Waals surface area (Å²) in [5.41, 5.74) is 1.24. The Morgan fingerprint density at radius 3 is 2.67 bits per heavy atom.